The van der Waals surface area contributed by atoms with Crippen LogP contribution in [0.3, 0.4) is 0 Å². The van der Waals surface area contributed by atoms with Gasteiger partial charge in [0.05, 0.1) is 6.04 Å². The number of rotatable bonds is 6. The summed E-state index contributed by atoms with van der Waals surface area (Å²) in [4.78, 5) is 6.43. The Hall–Kier alpha value is -1.94. The van der Waals surface area contributed by atoms with Gasteiger partial charge in [-0.15, -0.1) is 0 Å². The summed E-state index contributed by atoms with van der Waals surface area (Å²) in [6, 6.07) is 8.73. The third-order valence-corrected chi connectivity index (χ3v) is 5.11. The molecule has 1 aromatic carbocycles. The largest absolute Gasteiger partial charge is 0.342 e. The van der Waals surface area contributed by atoms with Crippen molar-refractivity contribution in [3.8, 4) is 0 Å². The summed E-state index contributed by atoms with van der Waals surface area (Å²) >= 11 is 5.84. The van der Waals surface area contributed by atoms with E-state index in [9.17, 15) is 0 Å². The van der Waals surface area contributed by atoms with Crippen LogP contribution in [-0.4, -0.2) is 21.5 Å². The van der Waals surface area contributed by atoms with Gasteiger partial charge in [0.2, 0.25) is 0 Å². The van der Waals surface area contributed by atoms with Gasteiger partial charge in [-0.2, -0.15) is 0 Å². The molecule has 2 rings (SSSR count). The summed E-state index contributed by atoms with van der Waals surface area (Å²) in [5.74, 6) is 0.632. The number of hydrogen-bond donors (Lipinski definition) is 1. The second kappa shape index (κ2) is 9.13. The first-order valence-corrected chi connectivity index (χ1v) is 9.75. The molecule has 4 heteroatoms. The molecular weight excluding hydrogens is 338 g/mol. The Balaban J connectivity index is 2.25. The molecule has 2 aromatic rings. The van der Waals surface area contributed by atoms with E-state index in [4.69, 9.17) is 12.2 Å². The third kappa shape index (κ3) is 5.28. The lowest BCUT2D eigenvalue weighted by molar-refractivity contribution is 0.318. The molecule has 1 atom stereocenters. The van der Waals surface area contributed by atoms with Crippen molar-refractivity contribution in [3.05, 3.63) is 58.9 Å². The molecule has 140 valence electrons. The summed E-state index contributed by atoms with van der Waals surface area (Å²) < 4.78 is 0. The van der Waals surface area contributed by atoms with Crippen molar-refractivity contribution in [1.29, 1.82) is 0 Å². The van der Waals surface area contributed by atoms with E-state index in [0.717, 1.165) is 23.8 Å². The highest BCUT2D eigenvalue weighted by Crippen LogP contribution is 2.26. The molecule has 3 nitrogen and oxygen atoms in total. The molecular formula is C22H31N3S. The Labute approximate surface area is 163 Å². The number of pyridine rings is 1. The SMILES string of the molecule is Cc1cc(C)c(NC(=S)N(CCC(C)C)C(C)c2ccncc2)c(C)c1. The number of nitrogens with one attached hydrogen (secondary N) is 1. The Morgan fingerprint density at radius 1 is 1.08 bits per heavy atom. The first-order chi connectivity index (χ1) is 12.3. The van der Waals surface area contributed by atoms with Gasteiger partial charge in [0, 0.05) is 24.6 Å². The maximum atomic E-state index is 5.84. The molecule has 0 aliphatic carbocycles. The molecule has 1 heterocycles. The lowest BCUT2D eigenvalue weighted by Gasteiger charge is -2.33. The molecule has 0 saturated carbocycles. The van der Waals surface area contributed by atoms with Gasteiger partial charge in [-0.25, -0.2) is 0 Å². The number of thiocarbonyl (C=S) groups is 1. The first-order valence-electron chi connectivity index (χ1n) is 9.35. The highest BCUT2D eigenvalue weighted by Gasteiger charge is 2.20. The van der Waals surface area contributed by atoms with Gasteiger partial charge in [0.25, 0.3) is 0 Å². The standard InChI is InChI=1S/C22H31N3S/c1-15(2)9-12-25(19(6)20-7-10-23-11-8-20)22(26)24-21-17(4)13-16(3)14-18(21)5/h7-8,10-11,13-15,19H,9,12H2,1-6H3,(H,24,26). The minimum Gasteiger partial charge on any atom is -0.342 e. The molecule has 0 aliphatic heterocycles. The van der Waals surface area contributed by atoms with Crippen LogP contribution < -0.4 is 5.32 Å². The van der Waals surface area contributed by atoms with Crippen molar-refractivity contribution >= 4 is 23.0 Å². The van der Waals surface area contributed by atoms with Crippen LogP contribution in [0.1, 0.15) is 55.5 Å². The average molecular weight is 370 g/mol. The van der Waals surface area contributed by atoms with E-state index in [1.807, 2.05) is 12.4 Å². The van der Waals surface area contributed by atoms with Crippen LogP contribution in [0.5, 0.6) is 0 Å². The maximum Gasteiger partial charge on any atom is 0.173 e. The quantitative estimate of drug-likeness (QED) is 0.650. The molecule has 0 aliphatic rings. The van der Waals surface area contributed by atoms with Gasteiger partial charge in [-0.3, -0.25) is 4.98 Å². The van der Waals surface area contributed by atoms with Crippen molar-refractivity contribution in [2.75, 3.05) is 11.9 Å². The van der Waals surface area contributed by atoms with Gasteiger partial charge in [-0.05, 0) is 81.1 Å². The van der Waals surface area contributed by atoms with E-state index in [1.54, 1.807) is 0 Å². The molecule has 1 unspecified atom stereocenters. The molecule has 0 bridgehead atoms. The summed E-state index contributed by atoms with van der Waals surface area (Å²) in [7, 11) is 0. The Bertz CT molecular complexity index is 717. The fourth-order valence-corrected chi connectivity index (χ4v) is 3.60. The predicted octanol–water partition coefficient (Wildman–Crippen LogP) is 5.81. The first kappa shape index (κ1) is 20.4. The molecule has 0 radical (unpaired) electrons. The molecule has 0 amide bonds. The van der Waals surface area contributed by atoms with E-state index in [-0.39, 0.29) is 6.04 Å². The summed E-state index contributed by atoms with van der Waals surface area (Å²) in [5.41, 5.74) is 6.08. The van der Waals surface area contributed by atoms with Gasteiger partial charge in [-0.1, -0.05) is 31.5 Å². The lowest BCUT2D eigenvalue weighted by atomic mass is 10.0. The Morgan fingerprint density at radius 3 is 2.19 bits per heavy atom. The van der Waals surface area contributed by atoms with Crippen molar-refractivity contribution in [2.24, 2.45) is 5.92 Å². The van der Waals surface area contributed by atoms with Crippen molar-refractivity contribution in [3.63, 3.8) is 0 Å². The van der Waals surface area contributed by atoms with Crippen LogP contribution in [0.15, 0.2) is 36.7 Å². The number of hydrogen-bond acceptors (Lipinski definition) is 2. The normalized spacial score (nSPS) is 12.1. The topological polar surface area (TPSA) is 28.2 Å². The molecule has 1 aromatic heterocycles. The van der Waals surface area contributed by atoms with Crippen LogP contribution in [0.25, 0.3) is 0 Å². The molecule has 26 heavy (non-hydrogen) atoms. The summed E-state index contributed by atoms with van der Waals surface area (Å²) in [6.07, 6.45) is 4.79. The number of aryl methyl sites for hydroxylation is 3. The van der Waals surface area contributed by atoms with Gasteiger partial charge < -0.3 is 10.2 Å². The monoisotopic (exact) mass is 369 g/mol. The van der Waals surface area contributed by atoms with E-state index < -0.39 is 0 Å². The zero-order valence-electron chi connectivity index (χ0n) is 16.8. The number of nitrogens with zero attached hydrogens (tertiary/aromatic N) is 2. The highest BCUT2D eigenvalue weighted by molar-refractivity contribution is 7.80. The van der Waals surface area contributed by atoms with Crippen LogP contribution in [0.2, 0.25) is 0 Å². The number of anilines is 1. The highest BCUT2D eigenvalue weighted by atomic mass is 32.1. The molecule has 0 spiro atoms. The van der Waals surface area contributed by atoms with Crippen LogP contribution in [0.4, 0.5) is 5.69 Å². The van der Waals surface area contributed by atoms with E-state index in [1.165, 1.54) is 22.3 Å². The lowest BCUT2D eigenvalue weighted by Crippen LogP contribution is -2.38. The third-order valence-electron chi connectivity index (χ3n) is 4.77. The summed E-state index contributed by atoms with van der Waals surface area (Å²) in [6.45, 7) is 14.0. The fourth-order valence-electron chi connectivity index (χ4n) is 3.25. The smallest absolute Gasteiger partial charge is 0.173 e. The Morgan fingerprint density at radius 2 is 1.65 bits per heavy atom. The van der Waals surface area contributed by atoms with Crippen molar-refractivity contribution in [2.45, 2.75) is 54.0 Å². The summed E-state index contributed by atoms with van der Waals surface area (Å²) in [5, 5.41) is 4.30. The zero-order chi connectivity index (χ0) is 19.3. The van der Waals surface area contributed by atoms with Gasteiger partial charge >= 0.3 is 0 Å². The Kier molecular flexibility index (Phi) is 7.15. The second-order valence-electron chi connectivity index (χ2n) is 7.54. The minimum absolute atomic E-state index is 0.197. The van der Waals surface area contributed by atoms with Crippen molar-refractivity contribution < 1.29 is 0 Å². The fraction of sp³-hybridized carbons (Fsp3) is 0.455. The van der Waals surface area contributed by atoms with Gasteiger partial charge in [0.1, 0.15) is 0 Å². The average Bonchev–Trinajstić information content (AvgIpc) is 2.58. The van der Waals surface area contributed by atoms with Crippen LogP contribution >= 0.6 is 12.2 Å². The maximum absolute atomic E-state index is 5.84. The van der Waals surface area contributed by atoms with E-state index in [0.29, 0.717) is 5.92 Å². The predicted molar refractivity (Wildman–Crippen MR) is 116 cm³/mol. The van der Waals surface area contributed by atoms with Crippen molar-refractivity contribution in [1.82, 2.24) is 9.88 Å². The van der Waals surface area contributed by atoms with E-state index in [2.05, 4.69) is 81.0 Å². The van der Waals surface area contributed by atoms with Crippen LogP contribution in [0, 0.1) is 26.7 Å². The van der Waals surface area contributed by atoms with E-state index >= 15 is 0 Å². The minimum atomic E-state index is 0.197. The molecule has 0 saturated heterocycles. The van der Waals surface area contributed by atoms with Gasteiger partial charge in [0.15, 0.2) is 5.11 Å². The number of benzene rings is 1. The molecule has 1 N–H and O–H groups in total. The molecule has 0 fully saturated rings. The number of aromatic nitrogens is 1. The van der Waals surface area contributed by atoms with Crippen LogP contribution in [-0.2, 0) is 0 Å². The zero-order valence-corrected chi connectivity index (χ0v) is 17.7. The second-order valence-corrected chi connectivity index (χ2v) is 7.92.